The molecule has 0 aliphatic carbocycles. The Morgan fingerprint density at radius 1 is 1.03 bits per heavy atom. The molecule has 3 heteroatoms. The molecule has 0 aromatic heterocycles. The molecule has 0 heterocycles. The highest BCUT2D eigenvalue weighted by Crippen LogP contribution is 2.28. The number of allylic oxidation sites excluding steroid dienone is 5. The molecule has 0 radical (unpaired) electrons. The molecule has 1 amide bonds. The standard InChI is InChI=1S/C26H30N2O/c1-4-8-22(16-18-28-17-7-11-26(27)29)14-15-23-13-12-21(3)25(19-23)24-10-6-5-9-20(24)2/h4-6,8-10,12-16,18-19H,7,11,17H2,1-3H3,(H2,27,29)/b8-4-,15-14+,22-16+,28-18?. The second-order valence-corrected chi connectivity index (χ2v) is 7.01. The Balaban J connectivity index is 2.16. The minimum Gasteiger partial charge on any atom is -0.370 e. The molecule has 0 bridgehead atoms. The van der Waals surface area contributed by atoms with E-state index in [2.05, 4.69) is 73.5 Å². The summed E-state index contributed by atoms with van der Waals surface area (Å²) < 4.78 is 0. The third-order valence-corrected chi connectivity index (χ3v) is 4.61. The van der Waals surface area contributed by atoms with Crippen molar-refractivity contribution in [3.63, 3.8) is 0 Å². The Morgan fingerprint density at radius 2 is 1.79 bits per heavy atom. The van der Waals surface area contributed by atoms with Crippen molar-refractivity contribution >= 4 is 18.2 Å². The van der Waals surface area contributed by atoms with Crippen molar-refractivity contribution in [1.29, 1.82) is 0 Å². The lowest BCUT2D eigenvalue weighted by Gasteiger charge is -2.10. The number of hydrogen-bond donors (Lipinski definition) is 1. The zero-order valence-corrected chi connectivity index (χ0v) is 17.6. The van der Waals surface area contributed by atoms with Crippen LogP contribution in [0.2, 0.25) is 0 Å². The van der Waals surface area contributed by atoms with Gasteiger partial charge in [-0.1, -0.05) is 60.7 Å². The lowest BCUT2D eigenvalue weighted by molar-refractivity contribution is -0.118. The van der Waals surface area contributed by atoms with Crippen LogP contribution in [0.5, 0.6) is 0 Å². The second kappa shape index (κ2) is 11.6. The minimum atomic E-state index is -0.281. The molecule has 0 unspecified atom stereocenters. The van der Waals surface area contributed by atoms with Crippen LogP contribution in [0.25, 0.3) is 17.2 Å². The van der Waals surface area contributed by atoms with Gasteiger partial charge >= 0.3 is 0 Å². The van der Waals surface area contributed by atoms with Gasteiger partial charge in [0.25, 0.3) is 0 Å². The molecule has 0 saturated heterocycles. The Hall–Kier alpha value is -3.20. The Morgan fingerprint density at radius 3 is 2.52 bits per heavy atom. The number of carbonyl (C=O) groups excluding carboxylic acids is 1. The monoisotopic (exact) mass is 386 g/mol. The van der Waals surface area contributed by atoms with E-state index in [9.17, 15) is 4.79 Å². The van der Waals surface area contributed by atoms with Gasteiger partial charge in [0.2, 0.25) is 5.91 Å². The molecule has 0 atom stereocenters. The summed E-state index contributed by atoms with van der Waals surface area (Å²) in [5.74, 6) is -0.281. The van der Waals surface area contributed by atoms with Gasteiger partial charge in [0.15, 0.2) is 0 Å². The van der Waals surface area contributed by atoms with Gasteiger partial charge in [-0.3, -0.25) is 9.79 Å². The van der Waals surface area contributed by atoms with E-state index in [4.69, 9.17) is 5.73 Å². The third-order valence-electron chi connectivity index (χ3n) is 4.61. The summed E-state index contributed by atoms with van der Waals surface area (Å²) in [5, 5.41) is 0. The number of aliphatic imine (C=N–C) groups is 1. The van der Waals surface area contributed by atoms with E-state index in [1.165, 1.54) is 22.3 Å². The first-order chi connectivity index (χ1) is 14.0. The largest absolute Gasteiger partial charge is 0.370 e. The number of primary amides is 1. The van der Waals surface area contributed by atoms with Gasteiger partial charge < -0.3 is 5.73 Å². The van der Waals surface area contributed by atoms with E-state index in [0.29, 0.717) is 19.4 Å². The maximum atomic E-state index is 10.7. The number of rotatable bonds is 9. The van der Waals surface area contributed by atoms with Crippen LogP contribution >= 0.6 is 0 Å². The molecule has 2 rings (SSSR count). The smallest absolute Gasteiger partial charge is 0.217 e. The van der Waals surface area contributed by atoms with Gasteiger partial charge in [0.1, 0.15) is 0 Å². The van der Waals surface area contributed by atoms with Gasteiger partial charge in [-0.15, -0.1) is 0 Å². The molecule has 0 aliphatic rings. The molecular weight excluding hydrogens is 356 g/mol. The fourth-order valence-corrected chi connectivity index (χ4v) is 3.02. The molecule has 29 heavy (non-hydrogen) atoms. The van der Waals surface area contributed by atoms with Gasteiger partial charge in [-0.2, -0.15) is 0 Å². The van der Waals surface area contributed by atoms with Crippen LogP contribution in [0.4, 0.5) is 0 Å². The zero-order valence-electron chi connectivity index (χ0n) is 17.6. The fourth-order valence-electron chi connectivity index (χ4n) is 3.02. The maximum absolute atomic E-state index is 10.7. The highest BCUT2D eigenvalue weighted by Gasteiger charge is 2.05. The Kier molecular flexibility index (Phi) is 8.84. The zero-order chi connectivity index (χ0) is 21.1. The van der Waals surface area contributed by atoms with E-state index in [-0.39, 0.29) is 5.91 Å². The molecule has 0 saturated carbocycles. The van der Waals surface area contributed by atoms with Crippen LogP contribution in [0, 0.1) is 13.8 Å². The van der Waals surface area contributed by atoms with Crippen molar-refractivity contribution in [3.8, 4) is 11.1 Å². The molecule has 0 spiro atoms. The molecule has 2 aromatic rings. The quantitative estimate of drug-likeness (QED) is 0.329. The molecule has 3 nitrogen and oxygen atoms in total. The van der Waals surface area contributed by atoms with Crippen LogP contribution in [-0.4, -0.2) is 18.7 Å². The van der Waals surface area contributed by atoms with Gasteiger partial charge in [-0.25, -0.2) is 0 Å². The van der Waals surface area contributed by atoms with E-state index in [1.54, 1.807) is 6.21 Å². The van der Waals surface area contributed by atoms with Crippen LogP contribution < -0.4 is 5.73 Å². The summed E-state index contributed by atoms with van der Waals surface area (Å²) in [6, 6.07) is 15.0. The number of benzene rings is 2. The van der Waals surface area contributed by atoms with Crippen molar-refractivity contribution in [2.45, 2.75) is 33.6 Å². The van der Waals surface area contributed by atoms with Gasteiger partial charge in [0.05, 0.1) is 0 Å². The predicted molar refractivity (Wildman–Crippen MR) is 125 cm³/mol. The topological polar surface area (TPSA) is 55.4 Å². The highest BCUT2D eigenvalue weighted by molar-refractivity contribution is 5.76. The molecule has 150 valence electrons. The lowest BCUT2D eigenvalue weighted by Crippen LogP contribution is -2.10. The number of nitrogens with zero attached hydrogens (tertiary/aromatic N) is 1. The first-order valence-corrected chi connectivity index (χ1v) is 9.97. The van der Waals surface area contributed by atoms with E-state index < -0.39 is 0 Å². The van der Waals surface area contributed by atoms with E-state index >= 15 is 0 Å². The van der Waals surface area contributed by atoms with Crippen LogP contribution in [0.1, 0.15) is 36.5 Å². The van der Waals surface area contributed by atoms with Gasteiger partial charge in [0, 0.05) is 19.2 Å². The van der Waals surface area contributed by atoms with E-state index in [0.717, 1.165) is 11.1 Å². The summed E-state index contributed by atoms with van der Waals surface area (Å²) >= 11 is 0. The summed E-state index contributed by atoms with van der Waals surface area (Å²) in [4.78, 5) is 15.1. The molecule has 2 N–H and O–H groups in total. The fraction of sp³-hybridized carbons (Fsp3) is 0.231. The first kappa shape index (κ1) is 22.1. The average Bonchev–Trinajstić information content (AvgIpc) is 2.70. The van der Waals surface area contributed by atoms with Crippen molar-refractivity contribution < 1.29 is 4.79 Å². The van der Waals surface area contributed by atoms with Gasteiger partial charge in [-0.05, 0) is 72.7 Å². The lowest BCUT2D eigenvalue weighted by atomic mass is 9.94. The van der Waals surface area contributed by atoms with Crippen molar-refractivity contribution in [1.82, 2.24) is 0 Å². The van der Waals surface area contributed by atoms with Crippen LogP contribution in [0.15, 0.2) is 77.3 Å². The number of amides is 1. The van der Waals surface area contributed by atoms with Crippen LogP contribution in [-0.2, 0) is 4.79 Å². The Bertz CT molecular complexity index is 949. The number of nitrogens with two attached hydrogens (primary N) is 1. The third kappa shape index (κ3) is 7.38. The molecule has 2 aromatic carbocycles. The number of hydrogen-bond acceptors (Lipinski definition) is 2. The summed E-state index contributed by atoms with van der Waals surface area (Å²) in [6.45, 7) is 6.89. The van der Waals surface area contributed by atoms with Crippen molar-refractivity contribution in [2.75, 3.05) is 6.54 Å². The second-order valence-electron chi connectivity index (χ2n) is 7.01. The Labute approximate surface area is 174 Å². The first-order valence-electron chi connectivity index (χ1n) is 9.97. The minimum absolute atomic E-state index is 0.281. The highest BCUT2D eigenvalue weighted by atomic mass is 16.1. The molecule has 0 fully saturated rings. The molecule has 0 aliphatic heterocycles. The normalized spacial score (nSPS) is 12.4. The summed E-state index contributed by atoms with van der Waals surface area (Å²) in [5.41, 5.74) is 12.4. The summed E-state index contributed by atoms with van der Waals surface area (Å²) in [7, 11) is 0. The van der Waals surface area contributed by atoms with Crippen molar-refractivity contribution in [2.24, 2.45) is 10.7 Å². The van der Waals surface area contributed by atoms with Crippen molar-refractivity contribution in [3.05, 3.63) is 89.0 Å². The summed E-state index contributed by atoms with van der Waals surface area (Å²) in [6.07, 6.45) is 13.1. The number of carbonyl (C=O) groups is 1. The number of aryl methyl sites for hydroxylation is 2. The maximum Gasteiger partial charge on any atom is 0.217 e. The average molecular weight is 387 g/mol. The SMILES string of the molecule is C\C=C/C(/C=C/c1ccc(C)c(-c2ccccc2C)c1)=C\C=NCCCC(N)=O. The predicted octanol–water partition coefficient (Wildman–Crippen LogP) is 5.82. The van der Waals surface area contributed by atoms with Crippen LogP contribution in [0.3, 0.4) is 0 Å². The molecular formula is C26H30N2O. The van der Waals surface area contributed by atoms with E-state index in [1.807, 2.05) is 25.2 Å².